The number of pyridine rings is 1. The molecular weight excluding hydrogens is 225 g/mol. The smallest absolute Gasteiger partial charge is 0.138 e. The summed E-state index contributed by atoms with van der Waals surface area (Å²) < 4.78 is 13.4. The normalized spacial score (nSPS) is 11.8. The lowest BCUT2D eigenvalue weighted by Gasteiger charge is -1.94. The lowest BCUT2D eigenvalue weighted by Crippen LogP contribution is -1.76. The lowest BCUT2D eigenvalue weighted by atomic mass is 10.1. The van der Waals surface area contributed by atoms with Gasteiger partial charge in [0.2, 0.25) is 0 Å². The average molecular weight is 235 g/mol. The number of aromatic nitrogens is 1. The van der Waals surface area contributed by atoms with E-state index < -0.39 is 0 Å². The van der Waals surface area contributed by atoms with Crippen molar-refractivity contribution in [3.05, 3.63) is 46.9 Å². The quantitative estimate of drug-likeness (QED) is 0.886. The first-order valence-electron chi connectivity index (χ1n) is 4.77. The van der Waals surface area contributed by atoms with Gasteiger partial charge in [0.15, 0.2) is 0 Å². The predicted octanol–water partition coefficient (Wildman–Crippen LogP) is 3.11. The number of halogens is 1. The molecule has 0 aliphatic rings. The van der Waals surface area contributed by atoms with E-state index >= 15 is 0 Å². The van der Waals surface area contributed by atoms with E-state index in [1.165, 1.54) is 11.3 Å². The molecule has 2 aromatic rings. The fourth-order valence-electron chi connectivity index (χ4n) is 1.34. The Morgan fingerprint density at radius 3 is 2.81 bits per heavy atom. The summed E-state index contributed by atoms with van der Waals surface area (Å²) in [7, 11) is 0. The van der Waals surface area contributed by atoms with E-state index in [9.17, 15) is 4.39 Å². The van der Waals surface area contributed by atoms with Crippen LogP contribution >= 0.6 is 11.3 Å². The van der Waals surface area contributed by atoms with Crippen molar-refractivity contribution in [2.75, 3.05) is 6.61 Å². The Morgan fingerprint density at radius 1 is 1.38 bits per heavy atom. The van der Waals surface area contributed by atoms with Crippen LogP contribution in [0.3, 0.4) is 0 Å². The van der Waals surface area contributed by atoms with Crippen LogP contribution in [-0.4, -0.2) is 16.7 Å². The summed E-state index contributed by atoms with van der Waals surface area (Å²) in [6, 6.07) is 5.51. The highest BCUT2D eigenvalue weighted by Crippen LogP contribution is 2.29. The van der Waals surface area contributed by atoms with Gasteiger partial charge in [0.05, 0.1) is 11.5 Å². The van der Waals surface area contributed by atoms with Crippen molar-refractivity contribution >= 4 is 17.2 Å². The number of hydrogen-bond donors (Lipinski definition) is 1. The Kier molecular flexibility index (Phi) is 3.44. The van der Waals surface area contributed by atoms with Crippen LogP contribution in [0, 0.1) is 0 Å². The first kappa shape index (κ1) is 11.0. The molecule has 2 aromatic heterocycles. The fraction of sp³-hybridized carbons (Fsp3) is 0.0833. The highest BCUT2D eigenvalue weighted by atomic mass is 32.1. The molecule has 0 radical (unpaired) electrons. The monoisotopic (exact) mass is 235 g/mol. The summed E-state index contributed by atoms with van der Waals surface area (Å²) in [4.78, 5) is 4.46. The number of aliphatic hydroxyl groups is 1. The topological polar surface area (TPSA) is 33.1 Å². The van der Waals surface area contributed by atoms with E-state index in [2.05, 4.69) is 4.98 Å². The number of thiophene rings is 1. The lowest BCUT2D eigenvalue weighted by molar-refractivity contribution is 0.342. The van der Waals surface area contributed by atoms with E-state index in [-0.39, 0.29) is 12.4 Å². The van der Waals surface area contributed by atoms with E-state index in [0.29, 0.717) is 4.88 Å². The maximum absolute atomic E-state index is 13.4. The van der Waals surface area contributed by atoms with Crippen molar-refractivity contribution in [1.82, 2.24) is 4.98 Å². The highest BCUT2D eigenvalue weighted by molar-refractivity contribution is 7.11. The van der Waals surface area contributed by atoms with Gasteiger partial charge in [-0.2, -0.15) is 0 Å². The number of hydrogen-bond acceptors (Lipinski definition) is 3. The zero-order valence-electron chi connectivity index (χ0n) is 8.43. The molecule has 16 heavy (non-hydrogen) atoms. The first-order chi connectivity index (χ1) is 7.81. The Balaban J connectivity index is 2.30. The third kappa shape index (κ3) is 2.35. The summed E-state index contributed by atoms with van der Waals surface area (Å²) in [6.07, 6.45) is 4.56. The van der Waals surface area contributed by atoms with Gasteiger partial charge in [0.25, 0.3) is 0 Å². The number of rotatable bonds is 3. The maximum Gasteiger partial charge on any atom is 0.138 e. The fourth-order valence-corrected chi connectivity index (χ4v) is 2.19. The van der Waals surface area contributed by atoms with E-state index in [1.54, 1.807) is 18.5 Å². The summed E-state index contributed by atoms with van der Waals surface area (Å²) in [5, 5.41) is 10.5. The third-order valence-corrected chi connectivity index (χ3v) is 3.06. The highest BCUT2D eigenvalue weighted by Gasteiger charge is 2.05. The van der Waals surface area contributed by atoms with Gasteiger partial charge < -0.3 is 5.11 Å². The zero-order chi connectivity index (χ0) is 11.4. The Hall–Kier alpha value is -1.52. The molecule has 0 saturated heterocycles. The molecule has 2 heterocycles. The third-order valence-electron chi connectivity index (χ3n) is 2.12. The minimum Gasteiger partial charge on any atom is -0.392 e. The van der Waals surface area contributed by atoms with Gasteiger partial charge in [-0.15, -0.1) is 11.3 Å². The molecule has 0 atom stereocenters. The van der Waals surface area contributed by atoms with Crippen LogP contribution in [-0.2, 0) is 0 Å². The van der Waals surface area contributed by atoms with Crippen molar-refractivity contribution in [3.8, 4) is 11.1 Å². The van der Waals surface area contributed by atoms with Gasteiger partial charge in [-0.1, -0.05) is 0 Å². The summed E-state index contributed by atoms with van der Waals surface area (Å²) >= 11 is 1.32. The minimum atomic E-state index is -0.382. The van der Waals surface area contributed by atoms with Gasteiger partial charge in [0.1, 0.15) is 5.83 Å². The molecule has 82 valence electrons. The molecule has 0 spiro atoms. The summed E-state index contributed by atoms with van der Waals surface area (Å²) in [6.45, 7) is -0.283. The second kappa shape index (κ2) is 5.01. The van der Waals surface area contributed by atoms with Crippen LogP contribution in [0.5, 0.6) is 0 Å². The van der Waals surface area contributed by atoms with Gasteiger partial charge in [-0.05, 0) is 40.8 Å². The largest absolute Gasteiger partial charge is 0.392 e. The zero-order valence-corrected chi connectivity index (χ0v) is 9.25. The molecule has 0 unspecified atom stereocenters. The van der Waals surface area contributed by atoms with Gasteiger partial charge in [-0.3, -0.25) is 4.98 Å². The minimum absolute atomic E-state index is 0.283. The first-order valence-corrected chi connectivity index (χ1v) is 5.65. The van der Waals surface area contributed by atoms with Crippen molar-refractivity contribution in [1.29, 1.82) is 0 Å². The average Bonchev–Trinajstić information content (AvgIpc) is 2.80. The van der Waals surface area contributed by atoms with E-state index in [1.807, 2.05) is 17.5 Å². The predicted molar refractivity (Wildman–Crippen MR) is 63.7 cm³/mol. The molecule has 2 nitrogen and oxygen atoms in total. The standard InChI is InChI=1S/C12H10FNOS/c13-11(3-6-15)12-7-10(8-16-12)9-1-4-14-5-2-9/h1-5,7-8,15H,6H2/b11-3-. The SMILES string of the molecule is OC/C=C(\F)c1cc(-c2ccncc2)cs1. The van der Waals surface area contributed by atoms with Crippen LogP contribution in [0.2, 0.25) is 0 Å². The number of nitrogens with zero attached hydrogens (tertiary/aromatic N) is 1. The molecule has 0 aromatic carbocycles. The molecule has 0 aliphatic heterocycles. The van der Waals surface area contributed by atoms with Crippen LogP contribution in [0.1, 0.15) is 4.88 Å². The molecule has 0 bridgehead atoms. The molecular formula is C12H10FNOS. The molecule has 0 saturated carbocycles. The maximum atomic E-state index is 13.4. The molecule has 0 amide bonds. The van der Waals surface area contributed by atoms with Gasteiger partial charge in [-0.25, -0.2) is 4.39 Å². The van der Waals surface area contributed by atoms with Crippen molar-refractivity contribution < 1.29 is 9.50 Å². The Morgan fingerprint density at radius 2 is 2.12 bits per heavy atom. The van der Waals surface area contributed by atoms with Crippen molar-refractivity contribution in [2.45, 2.75) is 0 Å². The van der Waals surface area contributed by atoms with Gasteiger partial charge in [0, 0.05) is 12.4 Å². The molecule has 0 aliphatic carbocycles. The molecule has 1 N–H and O–H groups in total. The molecule has 0 fully saturated rings. The second-order valence-corrected chi connectivity index (χ2v) is 4.08. The van der Waals surface area contributed by atoms with Crippen LogP contribution < -0.4 is 0 Å². The molecule has 2 rings (SSSR count). The van der Waals surface area contributed by atoms with Gasteiger partial charge >= 0.3 is 0 Å². The second-order valence-electron chi connectivity index (χ2n) is 3.17. The van der Waals surface area contributed by atoms with Crippen molar-refractivity contribution in [3.63, 3.8) is 0 Å². The summed E-state index contributed by atoms with van der Waals surface area (Å²) in [5.74, 6) is -0.382. The summed E-state index contributed by atoms with van der Waals surface area (Å²) in [5.41, 5.74) is 1.97. The Labute approximate surface area is 96.7 Å². The van der Waals surface area contributed by atoms with E-state index in [0.717, 1.165) is 17.2 Å². The Bertz CT molecular complexity index is 493. The van der Waals surface area contributed by atoms with E-state index in [4.69, 9.17) is 5.11 Å². The van der Waals surface area contributed by atoms with Crippen LogP contribution in [0.25, 0.3) is 17.0 Å². The molecule has 4 heteroatoms. The number of aliphatic hydroxyl groups excluding tert-OH is 1. The van der Waals surface area contributed by atoms with Crippen LogP contribution in [0.4, 0.5) is 4.39 Å². The van der Waals surface area contributed by atoms with Crippen molar-refractivity contribution in [2.24, 2.45) is 0 Å². The van der Waals surface area contributed by atoms with Crippen LogP contribution in [0.15, 0.2) is 42.0 Å².